The summed E-state index contributed by atoms with van der Waals surface area (Å²) in [4.78, 5) is 21.1. The molecule has 9 heteroatoms. The molecule has 0 radical (unpaired) electrons. The molecule has 2 aromatic rings. The average Bonchev–Trinajstić information content (AvgIpc) is 3.23. The number of aromatic nitrogens is 1. The summed E-state index contributed by atoms with van der Waals surface area (Å²) < 4.78 is 5.23. The average molecular weight is 469 g/mol. The number of hydrogen-bond donors (Lipinski definition) is 2. The highest BCUT2D eigenvalue weighted by Crippen LogP contribution is 2.42. The zero-order chi connectivity index (χ0) is 20.6. The minimum Gasteiger partial charge on any atom is -0.497 e. The van der Waals surface area contributed by atoms with Crippen LogP contribution in [-0.2, 0) is 0 Å². The second-order valence-corrected chi connectivity index (χ2v) is 8.41. The molecule has 3 heterocycles. The predicted molar refractivity (Wildman–Crippen MR) is 127 cm³/mol. The Kier molecular flexibility index (Phi) is 8.16. The lowest BCUT2D eigenvalue weighted by atomic mass is 9.80. The van der Waals surface area contributed by atoms with E-state index in [4.69, 9.17) is 9.72 Å². The molecule has 2 aliphatic heterocycles. The fourth-order valence-corrected chi connectivity index (χ4v) is 4.82. The number of nitrogens with zero attached hydrogens (tertiary/aromatic N) is 3. The summed E-state index contributed by atoms with van der Waals surface area (Å²) in [6, 6.07) is 11.1. The van der Waals surface area contributed by atoms with Gasteiger partial charge in [-0.2, -0.15) is 0 Å². The van der Waals surface area contributed by atoms with E-state index < -0.39 is 5.97 Å². The molecule has 2 aliphatic rings. The molecule has 1 aromatic heterocycles. The van der Waals surface area contributed by atoms with Crippen molar-refractivity contribution in [1.82, 2.24) is 15.2 Å². The number of nitrogens with one attached hydrogen (secondary N) is 1. The summed E-state index contributed by atoms with van der Waals surface area (Å²) in [5.41, 5.74) is 2.09. The topological polar surface area (TPSA) is 77.9 Å². The van der Waals surface area contributed by atoms with Gasteiger partial charge in [-0.25, -0.2) is 9.78 Å². The molecule has 0 saturated carbocycles. The van der Waals surface area contributed by atoms with Crippen LogP contribution in [0.5, 0.6) is 5.75 Å². The lowest BCUT2D eigenvalue weighted by Crippen LogP contribution is -2.41. The minimum absolute atomic E-state index is 0. The number of aromatic carboxylic acids is 1. The van der Waals surface area contributed by atoms with Crippen molar-refractivity contribution in [2.24, 2.45) is 11.3 Å². The van der Waals surface area contributed by atoms with E-state index in [1.807, 2.05) is 24.3 Å². The molecule has 2 atom stereocenters. The first kappa shape index (κ1) is 25.2. The number of pyridine rings is 1. The van der Waals surface area contributed by atoms with Crippen LogP contribution in [-0.4, -0.2) is 74.9 Å². The van der Waals surface area contributed by atoms with Gasteiger partial charge in [-0.05, 0) is 56.4 Å². The first-order valence-corrected chi connectivity index (χ1v) is 9.91. The second kappa shape index (κ2) is 10.0. The van der Waals surface area contributed by atoms with Crippen LogP contribution in [0.25, 0.3) is 11.3 Å². The molecule has 31 heavy (non-hydrogen) atoms. The number of carboxylic acid groups (broad SMARTS) is 1. The number of carbonyl (C=O) groups is 1. The standard InChI is InChI=1S/C22H28N4O3.2ClH/c1-25(2)13-22-12-23-10-16(22)11-26(14-22)20-18(21(27)28)8-9-19(24-20)15-4-6-17(29-3)7-5-15;;/h4-9,16,23H,10-14H2,1-3H3,(H,27,28);2*1H. The lowest BCUT2D eigenvalue weighted by molar-refractivity contribution is 0.0697. The zero-order valence-electron chi connectivity index (χ0n) is 18.0. The monoisotopic (exact) mass is 468 g/mol. The van der Waals surface area contributed by atoms with Crippen molar-refractivity contribution >= 4 is 36.6 Å². The second-order valence-electron chi connectivity index (χ2n) is 8.41. The quantitative estimate of drug-likeness (QED) is 0.674. The number of methoxy groups -OCH3 is 1. The molecule has 2 saturated heterocycles. The molecule has 0 amide bonds. The van der Waals surface area contributed by atoms with Gasteiger partial charge >= 0.3 is 5.97 Å². The van der Waals surface area contributed by atoms with Crippen molar-refractivity contribution in [1.29, 1.82) is 0 Å². The Morgan fingerprint density at radius 3 is 2.58 bits per heavy atom. The molecule has 170 valence electrons. The van der Waals surface area contributed by atoms with E-state index in [0.29, 0.717) is 11.7 Å². The Balaban J connectivity index is 0.00000171. The predicted octanol–water partition coefficient (Wildman–Crippen LogP) is 2.89. The summed E-state index contributed by atoms with van der Waals surface area (Å²) in [5, 5.41) is 13.3. The number of halogens is 2. The van der Waals surface area contributed by atoms with Crippen LogP contribution < -0.4 is 15.0 Å². The normalized spacial score (nSPS) is 21.9. The third kappa shape index (κ3) is 4.90. The molecule has 2 unspecified atom stereocenters. The number of fused-ring (bicyclic) bond motifs is 1. The van der Waals surface area contributed by atoms with Crippen molar-refractivity contribution < 1.29 is 14.6 Å². The van der Waals surface area contributed by atoms with Crippen molar-refractivity contribution in [3.8, 4) is 17.0 Å². The highest BCUT2D eigenvalue weighted by atomic mass is 35.5. The van der Waals surface area contributed by atoms with Crippen LogP contribution in [0.15, 0.2) is 36.4 Å². The van der Waals surface area contributed by atoms with Gasteiger partial charge < -0.3 is 25.0 Å². The van der Waals surface area contributed by atoms with Gasteiger partial charge in [0.2, 0.25) is 0 Å². The molecule has 0 aliphatic carbocycles. The van der Waals surface area contributed by atoms with Gasteiger partial charge in [0.25, 0.3) is 0 Å². The van der Waals surface area contributed by atoms with Crippen molar-refractivity contribution in [3.05, 3.63) is 42.0 Å². The summed E-state index contributed by atoms with van der Waals surface area (Å²) in [5.74, 6) is 0.892. The van der Waals surface area contributed by atoms with E-state index in [1.54, 1.807) is 19.2 Å². The molecule has 4 rings (SSSR count). The third-order valence-corrected chi connectivity index (χ3v) is 6.10. The maximum atomic E-state index is 11.9. The molecule has 1 aromatic carbocycles. The number of rotatable bonds is 6. The smallest absolute Gasteiger partial charge is 0.339 e. The Hall–Kier alpha value is -2.06. The van der Waals surface area contributed by atoms with Gasteiger partial charge in [-0.15, -0.1) is 24.8 Å². The number of carboxylic acids is 1. The van der Waals surface area contributed by atoms with Crippen LogP contribution in [0, 0.1) is 11.3 Å². The van der Waals surface area contributed by atoms with Crippen LogP contribution in [0.2, 0.25) is 0 Å². The first-order valence-electron chi connectivity index (χ1n) is 9.91. The molecule has 2 fully saturated rings. The van der Waals surface area contributed by atoms with E-state index in [2.05, 4.69) is 29.2 Å². The van der Waals surface area contributed by atoms with Gasteiger partial charge in [-0.1, -0.05) is 0 Å². The maximum Gasteiger partial charge on any atom is 0.339 e. The first-order chi connectivity index (χ1) is 13.9. The van der Waals surface area contributed by atoms with Gasteiger partial charge in [0.15, 0.2) is 0 Å². The van der Waals surface area contributed by atoms with Gasteiger partial charge in [0.05, 0.1) is 12.8 Å². The Bertz CT molecular complexity index is 910. The van der Waals surface area contributed by atoms with Crippen LogP contribution in [0.4, 0.5) is 5.82 Å². The van der Waals surface area contributed by atoms with Crippen molar-refractivity contribution in [3.63, 3.8) is 0 Å². The van der Waals surface area contributed by atoms with Crippen LogP contribution in [0.1, 0.15) is 10.4 Å². The Morgan fingerprint density at radius 1 is 1.26 bits per heavy atom. The SMILES string of the molecule is COc1ccc(-c2ccc(C(=O)O)c(N3CC4CNCC4(CN(C)C)C3)n2)cc1.Cl.Cl. The number of anilines is 1. The number of benzene rings is 1. The summed E-state index contributed by atoms with van der Waals surface area (Å²) in [6.45, 7) is 4.52. The molecule has 2 N–H and O–H groups in total. The molecule has 0 spiro atoms. The Labute approximate surface area is 195 Å². The summed E-state index contributed by atoms with van der Waals surface area (Å²) >= 11 is 0. The lowest BCUT2D eigenvalue weighted by Gasteiger charge is -2.31. The molecular formula is C22H30Cl2N4O3. The number of ether oxygens (including phenoxy) is 1. The summed E-state index contributed by atoms with van der Waals surface area (Å²) in [7, 11) is 5.83. The van der Waals surface area contributed by atoms with E-state index in [-0.39, 0.29) is 35.8 Å². The Morgan fingerprint density at radius 2 is 1.97 bits per heavy atom. The third-order valence-electron chi connectivity index (χ3n) is 6.10. The summed E-state index contributed by atoms with van der Waals surface area (Å²) in [6.07, 6.45) is 0. The molecule has 7 nitrogen and oxygen atoms in total. The van der Waals surface area contributed by atoms with E-state index >= 15 is 0 Å². The zero-order valence-corrected chi connectivity index (χ0v) is 19.6. The van der Waals surface area contributed by atoms with Crippen molar-refractivity contribution in [2.75, 3.05) is 58.8 Å². The van der Waals surface area contributed by atoms with Crippen molar-refractivity contribution in [2.45, 2.75) is 0 Å². The maximum absolute atomic E-state index is 11.9. The highest BCUT2D eigenvalue weighted by Gasteiger charge is 2.50. The molecule has 0 bridgehead atoms. The van der Waals surface area contributed by atoms with Crippen LogP contribution >= 0.6 is 24.8 Å². The largest absolute Gasteiger partial charge is 0.497 e. The van der Waals surface area contributed by atoms with Gasteiger partial charge in [-0.3, -0.25) is 0 Å². The van der Waals surface area contributed by atoms with E-state index in [0.717, 1.165) is 49.7 Å². The number of hydrogen-bond acceptors (Lipinski definition) is 6. The van der Waals surface area contributed by atoms with Gasteiger partial charge in [0.1, 0.15) is 17.1 Å². The van der Waals surface area contributed by atoms with Crippen LogP contribution in [0.3, 0.4) is 0 Å². The fraction of sp³-hybridized carbons (Fsp3) is 0.455. The highest BCUT2D eigenvalue weighted by molar-refractivity contribution is 5.94. The van der Waals surface area contributed by atoms with E-state index in [1.165, 1.54) is 0 Å². The van der Waals surface area contributed by atoms with E-state index in [9.17, 15) is 9.90 Å². The minimum atomic E-state index is -0.939. The van der Waals surface area contributed by atoms with Gasteiger partial charge in [0, 0.05) is 43.7 Å². The molecular weight excluding hydrogens is 439 g/mol. The fourth-order valence-electron chi connectivity index (χ4n) is 4.82.